The molecule has 21 heavy (non-hydrogen) atoms. The summed E-state index contributed by atoms with van der Waals surface area (Å²) in [6, 6.07) is 4.40. The molecule has 1 rings (SSSR count). The second-order valence-electron chi connectivity index (χ2n) is 4.92. The third-order valence-electron chi connectivity index (χ3n) is 2.91. The summed E-state index contributed by atoms with van der Waals surface area (Å²) in [5, 5.41) is 23.4. The van der Waals surface area contributed by atoms with E-state index >= 15 is 0 Å². The van der Waals surface area contributed by atoms with Crippen LogP contribution in [0.3, 0.4) is 0 Å². The lowest BCUT2D eigenvalue weighted by molar-refractivity contribution is -0.384. The first-order valence-corrected chi connectivity index (χ1v) is 6.83. The average molecular weight is 295 g/mol. The van der Waals surface area contributed by atoms with E-state index in [2.05, 4.69) is 5.32 Å². The second kappa shape index (κ2) is 7.58. The molecule has 1 aromatic rings. The van der Waals surface area contributed by atoms with Crippen molar-refractivity contribution >= 4 is 17.3 Å². The third kappa shape index (κ3) is 4.42. The Hall–Kier alpha value is -2.15. The summed E-state index contributed by atoms with van der Waals surface area (Å²) in [6.07, 6.45) is 0.119. The fourth-order valence-corrected chi connectivity index (χ4v) is 1.99. The lowest BCUT2D eigenvalue weighted by Gasteiger charge is -2.20. The van der Waals surface area contributed by atoms with Crippen molar-refractivity contribution in [3.63, 3.8) is 0 Å². The predicted octanol–water partition coefficient (Wildman–Crippen LogP) is 1.87. The van der Waals surface area contributed by atoms with E-state index in [1.807, 2.05) is 6.92 Å². The Morgan fingerprint density at radius 3 is 2.71 bits per heavy atom. The van der Waals surface area contributed by atoms with Gasteiger partial charge in [-0.15, -0.1) is 0 Å². The van der Waals surface area contributed by atoms with Gasteiger partial charge in [-0.05, 0) is 19.4 Å². The van der Waals surface area contributed by atoms with Crippen LogP contribution in [-0.4, -0.2) is 47.1 Å². The number of anilines is 1. The van der Waals surface area contributed by atoms with Gasteiger partial charge in [0.05, 0.1) is 16.6 Å². The standard InChI is InChI=1S/C14H21N3O4/c1-4-8-15-13-11(6-5-7-12(13)17(20)21)14(19)16(3)9-10(2)18/h5-7,10,15,18H,4,8-9H2,1-3H3. The highest BCUT2D eigenvalue weighted by Crippen LogP contribution is 2.29. The number of hydrogen-bond acceptors (Lipinski definition) is 5. The molecular formula is C14H21N3O4. The molecule has 7 nitrogen and oxygen atoms in total. The number of nitro benzene ring substituents is 1. The predicted molar refractivity (Wildman–Crippen MR) is 80.5 cm³/mol. The van der Waals surface area contributed by atoms with Crippen molar-refractivity contribution in [2.75, 3.05) is 25.5 Å². The molecule has 1 aromatic carbocycles. The first-order valence-electron chi connectivity index (χ1n) is 6.83. The lowest BCUT2D eigenvalue weighted by atomic mass is 10.1. The van der Waals surface area contributed by atoms with Crippen LogP contribution in [0, 0.1) is 10.1 Å². The topological polar surface area (TPSA) is 95.7 Å². The Kier molecular flexibility index (Phi) is 6.10. The van der Waals surface area contributed by atoms with Gasteiger partial charge in [-0.1, -0.05) is 13.0 Å². The maximum Gasteiger partial charge on any atom is 0.293 e. The number of amides is 1. The van der Waals surface area contributed by atoms with Crippen LogP contribution in [0.25, 0.3) is 0 Å². The zero-order valence-corrected chi connectivity index (χ0v) is 12.5. The number of hydrogen-bond donors (Lipinski definition) is 2. The number of nitrogens with zero attached hydrogens (tertiary/aromatic N) is 2. The molecule has 0 aromatic heterocycles. The summed E-state index contributed by atoms with van der Waals surface area (Å²) in [5.74, 6) is -0.363. The number of aliphatic hydroxyl groups is 1. The van der Waals surface area contributed by atoms with Crippen molar-refractivity contribution in [3.8, 4) is 0 Å². The van der Waals surface area contributed by atoms with Gasteiger partial charge in [0, 0.05) is 26.2 Å². The Labute approximate surface area is 123 Å². The van der Waals surface area contributed by atoms with Gasteiger partial charge in [-0.2, -0.15) is 0 Å². The fourth-order valence-electron chi connectivity index (χ4n) is 1.99. The van der Waals surface area contributed by atoms with Gasteiger partial charge in [-0.3, -0.25) is 14.9 Å². The number of likely N-dealkylation sites (N-methyl/N-ethyl adjacent to an activating group) is 1. The van der Waals surface area contributed by atoms with E-state index in [1.165, 1.54) is 17.0 Å². The van der Waals surface area contributed by atoms with Crippen molar-refractivity contribution in [1.82, 2.24) is 4.90 Å². The largest absolute Gasteiger partial charge is 0.392 e. The van der Waals surface area contributed by atoms with Crippen molar-refractivity contribution in [3.05, 3.63) is 33.9 Å². The summed E-state index contributed by atoms with van der Waals surface area (Å²) >= 11 is 0. The fraction of sp³-hybridized carbons (Fsp3) is 0.500. The summed E-state index contributed by atoms with van der Waals surface area (Å²) in [6.45, 7) is 4.20. The highest BCUT2D eigenvalue weighted by molar-refractivity contribution is 6.01. The first-order chi connectivity index (χ1) is 9.88. The Bertz CT molecular complexity index is 517. The number of nitro groups is 1. The third-order valence-corrected chi connectivity index (χ3v) is 2.91. The van der Waals surface area contributed by atoms with Crippen LogP contribution < -0.4 is 5.32 Å². The molecule has 0 aliphatic carbocycles. The second-order valence-corrected chi connectivity index (χ2v) is 4.92. The maximum atomic E-state index is 12.4. The number of aliphatic hydroxyl groups excluding tert-OH is 1. The molecule has 0 spiro atoms. The zero-order chi connectivity index (χ0) is 16.0. The number of para-hydroxylation sites is 1. The first kappa shape index (κ1) is 16.9. The van der Waals surface area contributed by atoms with E-state index in [0.717, 1.165) is 6.42 Å². The average Bonchev–Trinajstić information content (AvgIpc) is 2.42. The summed E-state index contributed by atoms with van der Waals surface area (Å²) < 4.78 is 0. The normalized spacial score (nSPS) is 11.8. The minimum Gasteiger partial charge on any atom is -0.392 e. The number of carbonyl (C=O) groups excluding carboxylic acids is 1. The molecule has 0 saturated carbocycles. The number of carbonyl (C=O) groups is 1. The molecule has 0 aliphatic heterocycles. The molecule has 0 radical (unpaired) electrons. The Morgan fingerprint density at radius 1 is 1.52 bits per heavy atom. The maximum absolute atomic E-state index is 12.4. The van der Waals surface area contributed by atoms with Crippen molar-refractivity contribution in [2.24, 2.45) is 0 Å². The number of nitrogens with one attached hydrogen (secondary N) is 1. The smallest absolute Gasteiger partial charge is 0.293 e. The van der Waals surface area contributed by atoms with Crippen LogP contribution in [0.15, 0.2) is 18.2 Å². The van der Waals surface area contributed by atoms with Crippen molar-refractivity contribution in [1.29, 1.82) is 0 Å². The van der Waals surface area contributed by atoms with E-state index in [4.69, 9.17) is 0 Å². The van der Waals surface area contributed by atoms with Gasteiger partial charge in [0.2, 0.25) is 0 Å². The van der Waals surface area contributed by atoms with Gasteiger partial charge in [0.25, 0.3) is 11.6 Å². The molecule has 1 unspecified atom stereocenters. The quantitative estimate of drug-likeness (QED) is 0.591. The van der Waals surface area contributed by atoms with E-state index in [9.17, 15) is 20.0 Å². The van der Waals surface area contributed by atoms with E-state index in [-0.39, 0.29) is 29.4 Å². The molecule has 0 heterocycles. The SMILES string of the molecule is CCCNc1c(C(=O)N(C)CC(C)O)cccc1[N+](=O)[O-]. The molecule has 7 heteroatoms. The summed E-state index contributed by atoms with van der Waals surface area (Å²) in [5.41, 5.74) is 0.340. The van der Waals surface area contributed by atoms with Crippen LogP contribution in [-0.2, 0) is 0 Å². The van der Waals surface area contributed by atoms with Gasteiger partial charge < -0.3 is 15.3 Å². The summed E-state index contributed by atoms with van der Waals surface area (Å²) in [7, 11) is 1.55. The minimum absolute atomic E-state index is 0.125. The van der Waals surface area contributed by atoms with Crippen LogP contribution in [0.1, 0.15) is 30.6 Å². The molecular weight excluding hydrogens is 274 g/mol. The molecule has 1 amide bonds. The van der Waals surface area contributed by atoms with Crippen LogP contribution in [0.5, 0.6) is 0 Å². The van der Waals surface area contributed by atoms with Crippen LogP contribution >= 0.6 is 0 Å². The highest BCUT2D eigenvalue weighted by Gasteiger charge is 2.23. The van der Waals surface area contributed by atoms with Gasteiger partial charge >= 0.3 is 0 Å². The zero-order valence-electron chi connectivity index (χ0n) is 12.5. The molecule has 116 valence electrons. The van der Waals surface area contributed by atoms with Crippen LogP contribution in [0.2, 0.25) is 0 Å². The van der Waals surface area contributed by atoms with Gasteiger partial charge in [0.1, 0.15) is 5.69 Å². The minimum atomic E-state index is -0.662. The van der Waals surface area contributed by atoms with Crippen molar-refractivity contribution in [2.45, 2.75) is 26.4 Å². The van der Waals surface area contributed by atoms with Crippen molar-refractivity contribution < 1.29 is 14.8 Å². The molecule has 1 atom stereocenters. The van der Waals surface area contributed by atoms with Gasteiger partial charge in [-0.25, -0.2) is 0 Å². The Morgan fingerprint density at radius 2 is 2.19 bits per heavy atom. The lowest BCUT2D eigenvalue weighted by Crippen LogP contribution is -2.33. The molecule has 0 saturated heterocycles. The monoisotopic (exact) mass is 295 g/mol. The molecule has 0 aliphatic rings. The van der Waals surface area contributed by atoms with E-state index in [0.29, 0.717) is 6.54 Å². The van der Waals surface area contributed by atoms with Gasteiger partial charge in [0.15, 0.2) is 0 Å². The van der Waals surface area contributed by atoms with Crippen LogP contribution in [0.4, 0.5) is 11.4 Å². The highest BCUT2D eigenvalue weighted by atomic mass is 16.6. The summed E-state index contributed by atoms with van der Waals surface area (Å²) in [4.78, 5) is 24.3. The Balaban J connectivity index is 3.18. The number of rotatable bonds is 7. The van der Waals surface area contributed by atoms with E-state index in [1.54, 1.807) is 20.0 Å². The number of benzene rings is 1. The molecule has 2 N–H and O–H groups in total. The molecule has 0 bridgehead atoms. The van der Waals surface area contributed by atoms with E-state index < -0.39 is 11.0 Å². The molecule has 0 fully saturated rings.